The van der Waals surface area contributed by atoms with Crippen molar-refractivity contribution in [2.45, 2.75) is 76.6 Å². The Morgan fingerprint density at radius 3 is 1.93 bits per heavy atom. The molecule has 0 bridgehead atoms. The molecule has 3 rings (SSSR count). The first-order chi connectivity index (χ1) is 14.6. The minimum atomic E-state index is -0.285. The summed E-state index contributed by atoms with van der Waals surface area (Å²) in [6.45, 7) is 4.29. The third-order valence-electron chi connectivity index (χ3n) is 5.62. The second kappa shape index (κ2) is 11.4. The van der Waals surface area contributed by atoms with Crippen LogP contribution in [0.5, 0.6) is 0 Å². The van der Waals surface area contributed by atoms with Crippen LogP contribution < -0.4 is 0 Å². The average molecular weight is 425 g/mol. The number of hydrogen-bond acceptors (Lipinski definition) is 4. The molecule has 2 atom stereocenters. The van der Waals surface area contributed by atoms with E-state index < -0.39 is 0 Å². The maximum absolute atomic E-state index is 12.8. The summed E-state index contributed by atoms with van der Waals surface area (Å²) in [5.74, 6) is -0.285. The van der Waals surface area contributed by atoms with Crippen molar-refractivity contribution in [2.75, 3.05) is 0 Å². The van der Waals surface area contributed by atoms with Gasteiger partial charge in [-0.3, -0.25) is 4.79 Å². The van der Waals surface area contributed by atoms with Crippen molar-refractivity contribution in [2.24, 2.45) is 0 Å². The molecule has 3 nitrogen and oxygen atoms in total. The summed E-state index contributed by atoms with van der Waals surface area (Å²) >= 11 is 1.33. The van der Waals surface area contributed by atoms with Crippen LogP contribution in [-0.4, -0.2) is 22.4 Å². The monoisotopic (exact) mass is 424 g/mol. The Bertz CT molecular complexity index is 755. The maximum Gasteiger partial charge on any atom is 0.338 e. The van der Waals surface area contributed by atoms with Gasteiger partial charge in [-0.15, -0.1) is 0 Å². The van der Waals surface area contributed by atoms with E-state index in [-0.39, 0.29) is 22.4 Å². The van der Waals surface area contributed by atoms with Crippen molar-refractivity contribution in [1.82, 2.24) is 0 Å². The molecule has 30 heavy (non-hydrogen) atoms. The number of thioether (sulfide) groups is 1. The molecule has 0 saturated heterocycles. The highest BCUT2D eigenvalue weighted by molar-refractivity contribution is 8.14. The van der Waals surface area contributed by atoms with Gasteiger partial charge in [-0.1, -0.05) is 81.3 Å². The van der Waals surface area contributed by atoms with Gasteiger partial charge in [0.1, 0.15) is 6.10 Å². The van der Waals surface area contributed by atoms with Crippen LogP contribution in [0.25, 0.3) is 0 Å². The highest BCUT2D eigenvalue weighted by Crippen LogP contribution is 2.33. The Morgan fingerprint density at radius 1 is 0.833 bits per heavy atom. The topological polar surface area (TPSA) is 43.4 Å². The van der Waals surface area contributed by atoms with Crippen LogP contribution in [0.3, 0.4) is 0 Å². The van der Waals surface area contributed by atoms with Crippen molar-refractivity contribution < 1.29 is 14.3 Å². The third kappa shape index (κ3) is 6.21. The summed E-state index contributed by atoms with van der Waals surface area (Å²) < 4.78 is 5.87. The Labute approximate surface area is 184 Å². The molecule has 0 aromatic heterocycles. The van der Waals surface area contributed by atoms with Crippen LogP contribution in [0.1, 0.15) is 84.2 Å². The molecule has 160 valence electrons. The van der Waals surface area contributed by atoms with Crippen molar-refractivity contribution in [1.29, 1.82) is 0 Å². The highest BCUT2D eigenvalue weighted by atomic mass is 32.2. The van der Waals surface area contributed by atoms with Crippen LogP contribution in [-0.2, 0) is 17.6 Å². The van der Waals surface area contributed by atoms with Crippen LogP contribution >= 0.6 is 11.8 Å². The number of esters is 1. The zero-order valence-electron chi connectivity index (χ0n) is 18.1. The van der Waals surface area contributed by atoms with E-state index in [9.17, 15) is 9.59 Å². The molecule has 2 aromatic carbocycles. The summed E-state index contributed by atoms with van der Waals surface area (Å²) in [6.07, 6.45) is 7.83. The largest absolute Gasteiger partial charge is 0.458 e. The molecule has 2 unspecified atom stereocenters. The molecule has 1 aliphatic rings. The summed E-state index contributed by atoms with van der Waals surface area (Å²) in [6, 6.07) is 15.6. The normalized spacial score (nSPS) is 18.7. The number of carbonyl (C=O) groups excluding carboxylic acids is 2. The molecular formula is C26H32O3S. The van der Waals surface area contributed by atoms with E-state index in [0.717, 1.165) is 56.9 Å². The zero-order valence-corrected chi connectivity index (χ0v) is 18.9. The minimum Gasteiger partial charge on any atom is -0.458 e. The first-order valence-corrected chi connectivity index (χ1v) is 12.1. The zero-order chi connectivity index (χ0) is 21.3. The number of carbonyl (C=O) groups is 2. The lowest BCUT2D eigenvalue weighted by Gasteiger charge is -2.30. The number of hydrogen-bond donors (Lipinski definition) is 0. The van der Waals surface area contributed by atoms with E-state index in [0.29, 0.717) is 5.56 Å². The van der Waals surface area contributed by atoms with Crippen LogP contribution in [0.2, 0.25) is 0 Å². The minimum absolute atomic E-state index is 0.0184. The standard InChI is InChI=1S/C26H32O3S/c1-3-7-19-11-15-21(16-12-19)25(27)29-23-9-5-6-10-24(23)30-26(28)22-17-13-20(8-4-2)14-18-22/h11-18,23-24H,3-10H2,1-2H3. The molecule has 0 N–H and O–H groups in total. The van der Waals surface area contributed by atoms with Crippen molar-refractivity contribution in [3.8, 4) is 0 Å². The Kier molecular flexibility index (Phi) is 8.56. The van der Waals surface area contributed by atoms with E-state index in [1.807, 2.05) is 48.5 Å². The summed E-state index contributed by atoms with van der Waals surface area (Å²) in [5, 5.41) is 0.0831. The molecule has 0 radical (unpaired) electrons. The molecule has 0 spiro atoms. The second-order valence-electron chi connectivity index (χ2n) is 8.07. The van der Waals surface area contributed by atoms with Gasteiger partial charge in [-0.2, -0.15) is 0 Å². The molecule has 0 heterocycles. The van der Waals surface area contributed by atoms with Crippen LogP contribution in [0.15, 0.2) is 48.5 Å². The highest BCUT2D eigenvalue weighted by Gasteiger charge is 2.31. The first-order valence-electron chi connectivity index (χ1n) is 11.2. The summed E-state index contributed by atoms with van der Waals surface area (Å²) in [7, 11) is 0. The van der Waals surface area contributed by atoms with Gasteiger partial charge in [-0.25, -0.2) is 4.79 Å². The number of rotatable bonds is 8. The molecule has 1 saturated carbocycles. The quantitative estimate of drug-likeness (QED) is 0.446. The molecule has 4 heteroatoms. The fourth-order valence-corrected chi connectivity index (χ4v) is 5.11. The van der Waals surface area contributed by atoms with Crippen molar-refractivity contribution in [3.63, 3.8) is 0 Å². The number of aryl methyl sites for hydroxylation is 2. The second-order valence-corrected chi connectivity index (χ2v) is 9.28. The predicted molar refractivity (Wildman–Crippen MR) is 124 cm³/mol. The first kappa shape index (κ1) is 22.6. The number of ether oxygens (including phenoxy) is 1. The van der Waals surface area contributed by atoms with Crippen molar-refractivity contribution in [3.05, 3.63) is 70.8 Å². The molecule has 1 aliphatic carbocycles. The lowest BCUT2D eigenvalue weighted by molar-refractivity contribution is 0.0229. The van der Waals surface area contributed by atoms with Crippen molar-refractivity contribution >= 4 is 22.8 Å². The number of benzene rings is 2. The van der Waals surface area contributed by atoms with E-state index in [1.54, 1.807) is 0 Å². The van der Waals surface area contributed by atoms with Gasteiger partial charge in [0.2, 0.25) is 5.12 Å². The van der Waals surface area contributed by atoms with Gasteiger partial charge >= 0.3 is 5.97 Å². The molecule has 2 aromatic rings. The van der Waals surface area contributed by atoms with Gasteiger partial charge in [0.15, 0.2) is 0 Å². The van der Waals surface area contributed by atoms with Gasteiger partial charge in [0.25, 0.3) is 0 Å². The van der Waals surface area contributed by atoms with Gasteiger partial charge in [-0.05, 0) is 55.4 Å². The molecular weight excluding hydrogens is 392 g/mol. The lowest BCUT2D eigenvalue weighted by Crippen LogP contribution is -2.33. The summed E-state index contributed by atoms with van der Waals surface area (Å²) in [5.41, 5.74) is 3.80. The summed E-state index contributed by atoms with van der Waals surface area (Å²) in [4.78, 5) is 25.5. The van der Waals surface area contributed by atoms with Crippen LogP contribution in [0.4, 0.5) is 0 Å². The lowest BCUT2D eigenvalue weighted by atomic mass is 9.97. The van der Waals surface area contributed by atoms with E-state index in [1.165, 1.54) is 22.9 Å². The third-order valence-corrected chi connectivity index (χ3v) is 6.91. The van der Waals surface area contributed by atoms with E-state index >= 15 is 0 Å². The van der Waals surface area contributed by atoms with Crippen LogP contribution in [0, 0.1) is 0 Å². The maximum atomic E-state index is 12.8. The predicted octanol–water partition coefficient (Wildman–Crippen LogP) is 6.63. The molecule has 1 fully saturated rings. The van der Waals surface area contributed by atoms with Gasteiger partial charge < -0.3 is 4.74 Å². The average Bonchev–Trinajstić information content (AvgIpc) is 2.76. The Morgan fingerprint density at radius 2 is 1.37 bits per heavy atom. The fraction of sp³-hybridized carbons (Fsp3) is 0.462. The molecule has 0 aliphatic heterocycles. The van der Waals surface area contributed by atoms with E-state index in [2.05, 4.69) is 13.8 Å². The Hall–Kier alpha value is -2.07. The van der Waals surface area contributed by atoms with E-state index in [4.69, 9.17) is 4.74 Å². The fourth-order valence-electron chi connectivity index (χ4n) is 3.94. The molecule has 0 amide bonds. The van der Waals surface area contributed by atoms with Gasteiger partial charge in [0, 0.05) is 10.8 Å². The Balaban J connectivity index is 1.61. The van der Waals surface area contributed by atoms with Gasteiger partial charge in [0.05, 0.1) is 5.56 Å². The smallest absolute Gasteiger partial charge is 0.338 e. The SMILES string of the molecule is CCCc1ccc(C(=O)OC2CCCCC2SC(=O)c2ccc(CCC)cc2)cc1.